The van der Waals surface area contributed by atoms with Gasteiger partial charge < -0.3 is 10.1 Å². The fourth-order valence-electron chi connectivity index (χ4n) is 2.17. The van der Waals surface area contributed by atoms with Crippen LogP contribution < -0.4 is 14.8 Å². The summed E-state index contributed by atoms with van der Waals surface area (Å²) in [7, 11) is 1.64. The number of para-hydroxylation sites is 1. The van der Waals surface area contributed by atoms with E-state index in [1.165, 1.54) is 11.9 Å². The van der Waals surface area contributed by atoms with Crippen LogP contribution in [-0.4, -0.2) is 24.7 Å². The molecule has 0 atom stereocenters. The van der Waals surface area contributed by atoms with Crippen LogP contribution in [0, 0.1) is 0 Å². The summed E-state index contributed by atoms with van der Waals surface area (Å²) in [6, 6.07) is 15.5. The van der Waals surface area contributed by atoms with E-state index in [0.717, 1.165) is 32.3 Å². The predicted molar refractivity (Wildman–Crippen MR) is 98.7 cm³/mol. The standard InChI is InChI=1S/C17H17N3O2S2/c1-22-13-6-4-5-12(11-13)9-10-18-16(21)20-24-17-19-14-7-2-3-8-15(14)23-17/h2-8,11H,9-10H2,1H3,(H2,18,20,21). The first kappa shape index (κ1) is 16.6. The number of methoxy groups -OCH3 is 1. The molecule has 7 heteroatoms. The summed E-state index contributed by atoms with van der Waals surface area (Å²) in [5, 5.41) is 2.84. The largest absolute Gasteiger partial charge is 0.497 e. The van der Waals surface area contributed by atoms with Crippen molar-refractivity contribution in [1.29, 1.82) is 0 Å². The molecule has 0 unspecified atom stereocenters. The molecule has 2 amide bonds. The van der Waals surface area contributed by atoms with Gasteiger partial charge in [0.15, 0.2) is 4.34 Å². The molecule has 0 saturated carbocycles. The van der Waals surface area contributed by atoms with Crippen molar-refractivity contribution in [2.24, 2.45) is 0 Å². The highest BCUT2D eigenvalue weighted by Gasteiger charge is 2.06. The summed E-state index contributed by atoms with van der Waals surface area (Å²) >= 11 is 2.79. The Kier molecular flexibility index (Phi) is 5.55. The third-order valence-electron chi connectivity index (χ3n) is 3.34. The second-order valence-corrected chi connectivity index (χ2v) is 7.09. The number of amides is 2. The smallest absolute Gasteiger partial charge is 0.325 e. The van der Waals surface area contributed by atoms with Crippen LogP contribution in [0.3, 0.4) is 0 Å². The zero-order chi connectivity index (χ0) is 16.8. The van der Waals surface area contributed by atoms with E-state index in [2.05, 4.69) is 15.0 Å². The van der Waals surface area contributed by atoms with E-state index >= 15 is 0 Å². The Morgan fingerprint density at radius 2 is 2.12 bits per heavy atom. The summed E-state index contributed by atoms with van der Waals surface area (Å²) in [5.74, 6) is 0.823. The minimum absolute atomic E-state index is 0.220. The Morgan fingerprint density at radius 3 is 2.96 bits per heavy atom. The summed E-state index contributed by atoms with van der Waals surface area (Å²) in [6.45, 7) is 0.555. The monoisotopic (exact) mass is 359 g/mol. The van der Waals surface area contributed by atoms with Gasteiger partial charge in [-0.1, -0.05) is 24.3 Å². The van der Waals surface area contributed by atoms with Crippen LogP contribution in [0.5, 0.6) is 5.75 Å². The van der Waals surface area contributed by atoms with Gasteiger partial charge in [-0.05, 0) is 36.2 Å². The van der Waals surface area contributed by atoms with Crippen LogP contribution >= 0.6 is 23.3 Å². The Balaban J connectivity index is 1.44. The number of urea groups is 1. The van der Waals surface area contributed by atoms with E-state index in [9.17, 15) is 4.79 Å². The molecular formula is C17H17N3O2S2. The number of rotatable bonds is 6. The Bertz CT molecular complexity index is 802. The third-order valence-corrected chi connectivity index (χ3v) is 5.22. The van der Waals surface area contributed by atoms with Crippen molar-refractivity contribution in [1.82, 2.24) is 15.0 Å². The first-order valence-corrected chi connectivity index (χ1v) is 9.07. The number of benzene rings is 2. The van der Waals surface area contributed by atoms with E-state index in [1.807, 2.05) is 48.5 Å². The molecule has 0 fully saturated rings. The molecule has 0 aliphatic rings. The number of ether oxygens (including phenoxy) is 1. The van der Waals surface area contributed by atoms with E-state index in [1.54, 1.807) is 18.4 Å². The van der Waals surface area contributed by atoms with Gasteiger partial charge in [-0.3, -0.25) is 4.72 Å². The van der Waals surface area contributed by atoms with E-state index < -0.39 is 0 Å². The first-order chi connectivity index (χ1) is 11.7. The normalized spacial score (nSPS) is 10.5. The maximum atomic E-state index is 11.9. The average molecular weight is 359 g/mol. The molecule has 0 bridgehead atoms. The van der Waals surface area contributed by atoms with E-state index in [-0.39, 0.29) is 6.03 Å². The van der Waals surface area contributed by atoms with Crippen LogP contribution in [0.4, 0.5) is 4.79 Å². The summed E-state index contributed by atoms with van der Waals surface area (Å²) < 4.78 is 9.87. The highest BCUT2D eigenvalue weighted by molar-refractivity contribution is 7.99. The van der Waals surface area contributed by atoms with Crippen LogP contribution in [0.15, 0.2) is 52.9 Å². The lowest BCUT2D eigenvalue weighted by atomic mass is 10.1. The molecule has 0 aliphatic carbocycles. The van der Waals surface area contributed by atoms with Crippen molar-refractivity contribution in [2.75, 3.05) is 13.7 Å². The minimum atomic E-state index is -0.220. The molecule has 0 spiro atoms. The molecule has 0 radical (unpaired) electrons. The molecule has 2 aromatic carbocycles. The zero-order valence-corrected chi connectivity index (χ0v) is 14.7. The average Bonchev–Trinajstić information content (AvgIpc) is 3.03. The molecule has 1 heterocycles. The molecule has 5 nitrogen and oxygen atoms in total. The molecule has 0 saturated heterocycles. The maximum absolute atomic E-state index is 11.9. The quantitative estimate of drug-likeness (QED) is 0.656. The van der Waals surface area contributed by atoms with Gasteiger partial charge in [0, 0.05) is 18.5 Å². The maximum Gasteiger partial charge on any atom is 0.325 e. The molecule has 0 aliphatic heterocycles. The van der Waals surface area contributed by atoms with E-state index in [4.69, 9.17) is 4.74 Å². The Labute approximate surface area is 148 Å². The molecule has 124 valence electrons. The summed E-state index contributed by atoms with van der Waals surface area (Å²) in [4.78, 5) is 16.3. The van der Waals surface area contributed by atoms with Crippen LogP contribution in [0.25, 0.3) is 10.2 Å². The van der Waals surface area contributed by atoms with E-state index in [0.29, 0.717) is 6.54 Å². The van der Waals surface area contributed by atoms with Crippen molar-refractivity contribution in [3.05, 3.63) is 54.1 Å². The molecular weight excluding hydrogens is 342 g/mol. The second-order valence-electron chi connectivity index (χ2n) is 5.01. The minimum Gasteiger partial charge on any atom is -0.497 e. The van der Waals surface area contributed by atoms with Crippen molar-refractivity contribution in [2.45, 2.75) is 10.8 Å². The number of hydrogen-bond donors (Lipinski definition) is 2. The molecule has 24 heavy (non-hydrogen) atoms. The highest BCUT2D eigenvalue weighted by Crippen LogP contribution is 2.27. The summed E-state index contributed by atoms with van der Waals surface area (Å²) in [5.41, 5.74) is 2.07. The van der Waals surface area contributed by atoms with Gasteiger partial charge in [0.2, 0.25) is 0 Å². The highest BCUT2D eigenvalue weighted by atomic mass is 32.2. The second kappa shape index (κ2) is 8.03. The van der Waals surface area contributed by atoms with Crippen molar-refractivity contribution in [3.63, 3.8) is 0 Å². The SMILES string of the molecule is COc1cccc(CCNC(=O)NSc2nc3ccccc3s2)c1. The van der Waals surface area contributed by atoms with Crippen molar-refractivity contribution < 1.29 is 9.53 Å². The number of hydrogen-bond acceptors (Lipinski definition) is 5. The number of carbonyl (C=O) groups excluding carboxylic acids is 1. The first-order valence-electron chi connectivity index (χ1n) is 7.44. The predicted octanol–water partition coefficient (Wildman–Crippen LogP) is 3.85. The van der Waals surface area contributed by atoms with Gasteiger partial charge in [-0.25, -0.2) is 9.78 Å². The fourth-order valence-corrected chi connectivity index (χ4v) is 3.82. The van der Waals surface area contributed by atoms with Crippen LogP contribution in [0.2, 0.25) is 0 Å². The lowest BCUT2D eigenvalue weighted by Gasteiger charge is -2.07. The fraction of sp³-hybridized carbons (Fsp3) is 0.176. The zero-order valence-electron chi connectivity index (χ0n) is 13.1. The van der Waals surface area contributed by atoms with Gasteiger partial charge in [-0.2, -0.15) is 0 Å². The molecule has 2 N–H and O–H groups in total. The lowest BCUT2D eigenvalue weighted by Crippen LogP contribution is -2.32. The van der Waals surface area contributed by atoms with Crippen LogP contribution in [0.1, 0.15) is 5.56 Å². The Morgan fingerprint density at radius 1 is 1.25 bits per heavy atom. The van der Waals surface area contributed by atoms with Crippen molar-refractivity contribution in [3.8, 4) is 5.75 Å². The Hall–Kier alpha value is -2.25. The number of thiazole rings is 1. The van der Waals surface area contributed by atoms with Gasteiger partial charge in [0.25, 0.3) is 0 Å². The topological polar surface area (TPSA) is 63.2 Å². The van der Waals surface area contributed by atoms with Gasteiger partial charge in [0.05, 0.1) is 17.3 Å². The molecule has 3 aromatic rings. The van der Waals surface area contributed by atoms with Crippen LogP contribution in [-0.2, 0) is 6.42 Å². The van der Waals surface area contributed by atoms with Gasteiger partial charge >= 0.3 is 6.03 Å². The number of fused-ring (bicyclic) bond motifs is 1. The molecule has 1 aromatic heterocycles. The number of aromatic nitrogens is 1. The number of nitrogens with one attached hydrogen (secondary N) is 2. The summed E-state index contributed by atoms with van der Waals surface area (Å²) in [6.07, 6.45) is 0.746. The number of nitrogens with zero attached hydrogens (tertiary/aromatic N) is 1. The van der Waals surface area contributed by atoms with Gasteiger partial charge in [-0.15, -0.1) is 11.3 Å². The van der Waals surface area contributed by atoms with Gasteiger partial charge in [0.1, 0.15) is 5.75 Å². The molecule has 3 rings (SSSR count). The van der Waals surface area contributed by atoms with Crippen molar-refractivity contribution >= 4 is 39.5 Å². The lowest BCUT2D eigenvalue weighted by molar-refractivity contribution is 0.246. The third kappa shape index (κ3) is 4.39. The number of carbonyl (C=O) groups is 1.